The van der Waals surface area contributed by atoms with Gasteiger partial charge in [0.05, 0.1) is 4.88 Å². The first-order valence-corrected chi connectivity index (χ1v) is 7.33. The fourth-order valence-corrected chi connectivity index (χ4v) is 2.22. The highest BCUT2D eigenvalue weighted by molar-refractivity contribution is 7.12. The van der Waals surface area contributed by atoms with E-state index in [2.05, 4.69) is 10.9 Å². The lowest BCUT2D eigenvalue weighted by atomic mass is 10.2. The zero-order chi connectivity index (χ0) is 15.2. The molecule has 0 spiro atoms. The van der Waals surface area contributed by atoms with Crippen LogP contribution in [0.15, 0.2) is 35.7 Å². The Morgan fingerprint density at radius 2 is 2.10 bits per heavy atom. The quantitative estimate of drug-likeness (QED) is 0.849. The minimum absolute atomic E-state index is 0.203. The van der Waals surface area contributed by atoms with Gasteiger partial charge in [-0.25, -0.2) is 0 Å². The molecule has 0 aliphatic rings. The molecule has 110 valence electrons. The van der Waals surface area contributed by atoms with E-state index in [1.165, 1.54) is 11.3 Å². The Balaban J connectivity index is 1.77. The Morgan fingerprint density at radius 3 is 2.76 bits per heavy atom. The number of nitrogens with one attached hydrogen (secondary N) is 2. The van der Waals surface area contributed by atoms with Gasteiger partial charge in [-0.3, -0.25) is 20.4 Å². The summed E-state index contributed by atoms with van der Waals surface area (Å²) in [6.07, 6.45) is 0. The molecule has 21 heavy (non-hydrogen) atoms. The van der Waals surface area contributed by atoms with Crippen LogP contribution in [0, 0.1) is 6.92 Å². The molecule has 0 aliphatic carbocycles. The van der Waals surface area contributed by atoms with Gasteiger partial charge in [0.2, 0.25) is 0 Å². The van der Waals surface area contributed by atoms with Crippen molar-refractivity contribution in [3.63, 3.8) is 0 Å². The maximum Gasteiger partial charge on any atom is 0.279 e. The summed E-state index contributed by atoms with van der Waals surface area (Å²) in [4.78, 5) is 23.7. The van der Waals surface area contributed by atoms with Crippen LogP contribution in [0.5, 0.6) is 5.75 Å². The summed E-state index contributed by atoms with van der Waals surface area (Å²) >= 11 is 7.18. The van der Waals surface area contributed by atoms with Crippen molar-refractivity contribution in [3.8, 4) is 5.75 Å². The number of benzene rings is 1. The Hall–Kier alpha value is -2.05. The summed E-state index contributed by atoms with van der Waals surface area (Å²) < 4.78 is 5.31. The van der Waals surface area contributed by atoms with Crippen LogP contribution >= 0.6 is 22.9 Å². The highest BCUT2D eigenvalue weighted by atomic mass is 35.5. The lowest BCUT2D eigenvalue weighted by Gasteiger charge is -2.09. The second kappa shape index (κ2) is 7.10. The van der Waals surface area contributed by atoms with Crippen molar-refractivity contribution in [1.29, 1.82) is 0 Å². The van der Waals surface area contributed by atoms with E-state index in [0.717, 1.165) is 5.56 Å². The van der Waals surface area contributed by atoms with E-state index in [4.69, 9.17) is 16.3 Å². The van der Waals surface area contributed by atoms with Crippen molar-refractivity contribution in [2.75, 3.05) is 6.61 Å². The first-order valence-electron chi connectivity index (χ1n) is 6.08. The fourth-order valence-electron chi connectivity index (χ4n) is 1.49. The Labute approximate surface area is 130 Å². The number of halogens is 1. The minimum Gasteiger partial charge on any atom is -0.484 e. The normalized spacial score (nSPS) is 10.0. The van der Waals surface area contributed by atoms with Gasteiger partial charge in [-0.05, 0) is 42.1 Å². The third-order valence-electron chi connectivity index (χ3n) is 2.56. The highest BCUT2D eigenvalue weighted by Crippen LogP contribution is 2.20. The van der Waals surface area contributed by atoms with E-state index in [1.54, 1.807) is 35.7 Å². The van der Waals surface area contributed by atoms with Gasteiger partial charge in [0.1, 0.15) is 5.75 Å². The predicted molar refractivity (Wildman–Crippen MR) is 81.6 cm³/mol. The molecule has 5 nitrogen and oxygen atoms in total. The zero-order valence-electron chi connectivity index (χ0n) is 11.2. The number of rotatable bonds is 4. The molecule has 2 rings (SSSR count). The Morgan fingerprint density at radius 1 is 1.29 bits per heavy atom. The summed E-state index contributed by atoms with van der Waals surface area (Å²) in [7, 11) is 0. The van der Waals surface area contributed by atoms with Gasteiger partial charge in [-0.2, -0.15) is 0 Å². The average molecular weight is 325 g/mol. The zero-order valence-corrected chi connectivity index (χ0v) is 12.8. The third-order valence-corrected chi connectivity index (χ3v) is 3.85. The molecular formula is C14H13ClN2O3S. The maximum absolute atomic E-state index is 11.6. The van der Waals surface area contributed by atoms with Crippen molar-refractivity contribution >= 4 is 34.8 Å². The molecule has 0 bridgehead atoms. The van der Waals surface area contributed by atoms with Crippen molar-refractivity contribution in [1.82, 2.24) is 10.9 Å². The van der Waals surface area contributed by atoms with Crippen LogP contribution < -0.4 is 15.6 Å². The van der Waals surface area contributed by atoms with Gasteiger partial charge in [-0.1, -0.05) is 17.7 Å². The predicted octanol–water partition coefficient (Wildman–Crippen LogP) is 2.55. The van der Waals surface area contributed by atoms with Gasteiger partial charge in [-0.15, -0.1) is 11.3 Å². The van der Waals surface area contributed by atoms with E-state index in [0.29, 0.717) is 15.6 Å². The summed E-state index contributed by atoms with van der Waals surface area (Å²) in [6, 6.07) is 8.53. The van der Waals surface area contributed by atoms with Crippen molar-refractivity contribution < 1.29 is 14.3 Å². The lowest BCUT2D eigenvalue weighted by Crippen LogP contribution is -2.43. The second-order valence-corrected chi connectivity index (χ2v) is 5.53. The van der Waals surface area contributed by atoms with Gasteiger partial charge in [0.25, 0.3) is 11.8 Å². The average Bonchev–Trinajstić information content (AvgIpc) is 3.00. The van der Waals surface area contributed by atoms with Gasteiger partial charge in [0.15, 0.2) is 6.61 Å². The summed E-state index contributed by atoms with van der Waals surface area (Å²) in [6.45, 7) is 1.64. The van der Waals surface area contributed by atoms with E-state index >= 15 is 0 Å². The van der Waals surface area contributed by atoms with Crippen LogP contribution in [0.4, 0.5) is 0 Å². The molecule has 0 saturated heterocycles. The molecule has 0 atom stereocenters. The van der Waals surface area contributed by atoms with Crippen LogP contribution in [0.2, 0.25) is 5.02 Å². The van der Waals surface area contributed by atoms with Gasteiger partial charge in [0, 0.05) is 5.02 Å². The molecule has 0 aliphatic heterocycles. The van der Waals surface area contributed by atoms with Gasteiger partial charge >= 0.3 is 0 Å². The van der Waals surface area contributed by atoms with E-state index in [1.807, 2.05) is 6.92 Å². The molecule has 0 unspecified atom stereocenters. The number of hydrogen-bond donors (Lipinski definition) is 2. The number of carbonyl (C=O) groups is 2. The van der Waals surface area contributed by atoms with Crippen molar-refractivity contribution in [3.05, 3.63) is 51.2 Å². The second-order valence-electron chi connectivity index (χ2n) is 4.18. The van der Waals surface area contributed by atoms with Crippen LogP contribution in [-0.2, 0) is 4.79 Å². The Kier molecular flexibility index (Phi) is 5.19. The van der Waals surface area contributed by atoms with Crippen LogP contribution in [-0.4, -0.2) is 18.4 Å². The minimum atomic E-state index is -0.451. The van der Waals surface area contributed by atoms with E-state index < -0.39 is 5.91 Å². The smallest absolute Gasteiger partial charge is 0.279 e. The molecule has 7 heteroatoms. The third kappa shape index (κ3) is 4.47. The van der Waals surface area contributed by atoms with E-state index in [-0.39, 0.29) is 12.5 Å². The number of thiophene rings is 1. The molecule has 1 aromatic heterocycles. The largest absolute Gasteiger partial charge is 0.484 e. The molecular weight excluding hydrogens is 312 g/mol. The number of amides is 2. The topological polar surface area (TPSA) is 67.4 Å². The summed E-state index contributed by atoms with van der Waals surface area (Å²) in [5, 5.41) is 2.41. The molecule has 1 aromatic carbocycles. The molecule has 2 N–H and O–H groups in total. The molecule has 2 amide bonds. The fraction of sp³-hybridized carbons (Fsp3) is 0.143. The first kappa shape index (κ1) is 15.3. The van der Waals surface area contributed by atoms with Crippen molar-refractivity contribution in [2.24, 2.45) is 0 Å². The molecule has 0 fully saturated rings. The molecule has 0 saturated carbocycles. The standard InChI is InChI=1S/C14H13ClN2O3S/c1-9-7-10(4-5-11(9)15)20-8-13(18)16-17-14(19)12-3-2-6-21-12/h2-7H,8H2,1H3,(H,16,18)(H,17,19). The number of hydrogen-bond acceptors (Lipinski definition) is 4. The number of aryl methyl sites for hydroxylation is 1. The summed E-state index contributed by atoms with van der Waals surface area (Å²) in [5.41, 5.74) is 5.46. The monoisotopic (exact) mass is 324 g/mol. The van der Waals surface area contributed by atoms with Crippen LogP contribution in [0.25, 0.3) is 0 Å². The van der Waals surface area contributed by atoms with E-state index in [9.17, 15) is 9.59 Å². The summed E-state index contributed by atoms with van der Waals surface area (Å²) in [5.74, 6) is -0.273. The highest BCUT2D eigenvalue weighted by Gasteiger charge is 2.08. The van der Waals surface area contributed by atoms with Gasteiger partial charge < -0.3 is 4.74 Å². The maximum atomic E-state index is 11.6. The SMILES string of the molecule is Cc1cc(OCC(=O)NNC(=O)c2cccs2)ccc1Cl. The first-order chi connectivity index (χ1) is 10.1. The molecule has 2 aromatic rings. The van der Waals surface area contributed by atoms with Crippen molar-refractivity contribution in [2.45, 2.75) is 6.92 Å². The number of carbonyl (C=O) groups excluding carboxylic acids is 2. The Bertz CT molecular complexity index is 644. The molecule has 0 radical (unpaired) electrons. The van der Waals surface area contributed by atoms with Crippen LogP contribution in [0.3, 0.4) is 0 Å². The lowest BCUT2D eigenvalue weighted by molar-refractivity contribution is -0.123. The van der Waals surface area contributed by atoms with Crippen LogP contribution in [0.1, 0.15) is 15.2 Å². The number of hydrazine groups is 1. The number of ether oxygens (including phenoxy) is 1. The molecule has 1 heterocycles.